The summed E-state index contributed by atoms with van der Waals surface area (Å²) >= 11 is 0. The van der Waals surface area contributed by atoms with Crippen molar-refractivity contribution in [1.29, 1.82) is 0 Å². The first-order valence-corrected chi connectivity index (χ1v) is 33.2. The summed E-state index contributed by atoms with van der Waals surface area (Å²) in [6, 6.07) is 79.7. The van der Waals surface area contributed by atoms with Crippen molar-refractivity contribution in [1.82, 2.24) is 0 Å². The maximum atomic E-state index is 2.30. The molecule has 11 rings (SSSR count). The fourth-order valence-electron chi connectivity index (χ4n) is 11.0. The van der Waals surface area contributed by atoms with Gasteiger partial charge in [-0.25, -0.2) is 0 Å². The summed E-state index contributed by atoms with van der Waals surface area (Å²) in [6.45, 7) is 30.8. The van der Waals surface area contributed by atoms with Gasteiger partial charge in [0.2, 0.25) is 0 Å². The van der Waals surface area contributed by atoms with Gasteiger partial charge >= 0.3 is 0 Å². The Morgan fingerprint density at radius 2 is 0.380 bits per heavy atom. The molecule has 0 spiro atoms. The van der Waals surface area contributed by atoms with E-state index in [4.69, 9.17) is 0 Å². The summed E-state index contributed by atoms with van der Waals surface area (Å²) in [4.78, 5) is 0. The molecule has 0 saturated carbocycles. The van der Waals surface area contributed by atoms with Crippen LogP contribution in [0.15, 0.2) is 218 Å². The van der Waals surface area contributed by atoms with Crippen LogP contribution < -0.4 is 0 Å². The van der Waals surface area contributed by atoms with E-state index in [9.17, 15) is 0 Å². The molecule has 3 heteroatoms. The molecule has 0 atom stereocenters. The van der Waals surface area contributed by atoms with Crippen molar-refractivity contribution in [3.05, 3.63) is 319 Å². The van der Waals surface area contributed by atoms with Gasteiger partial charge in [0, 0.05) is 58.4 Å². The Bertz CT molecular complexity index is 3440. The van der Waals surface area contributed by atoms with Gasteiger partial charge in [0.15, 0.2) is 0 Å². The number of hydrogen-bond donors (Lipinski definition) is 0. The second-order valence-corrected chi connectivity index (χ2v) is 22.2. The molecule has 0 heterocycles. The normalized spacial score (nSPS) is 9.72. The van der Waals surface area contributed by atoms with Crippen LogP contribution in [0, 0.1) is 22.3 Å². The molecule has 92 heavy (non-hydrogen) atoms. The van der Waals surface area contributed by atoms with Gasteiger partial charge in [-0.05, 0) is 211 Å². The van der Waals surface area contributed by atoms with Crippen LogP contribution in [0.25, 0.3) is 43.1 Å². The van der Waals surface area contributed by atoms with Gasteiger partial charge in [-0.2, -0.15) is 0 Å². The van der Waals surface area contributed by atoms with Gasteiger partial charge in [0.1, 0.15) is 0 Å². The molecule has 0 N–H and O–H groups in total. The Kier molecular flexibility index (Phi) is 47.9. The van der Waals surface area contributed by atoms with E-state index in [0.29, 0.717) is 0 Å². The van der Waals surface area contributed by atoms with E-state index in [-0.39, 0.29) is 80.7 Å². The van der Waals surface area contributed by atoms with Crippen LogP contribution in [0.2, 0.25) is 0 Å². The third kappa shape index (κ3) is 27.7. The zero-order chi connectivity index (χ0) is 62.1. The SMILES string of the molecule is CCc1ccc(CC)c2ccccc12.CCc1ccc(CC)cc1.CCc1ccc2cc(CC)ccc2c1.CCc1ccc2ccc(CC)cc2c1.CCc1cccc(CC)c1.CCc1cccc2c(CC)cccc12.CCc1ccccc1CC.[CH3-].[CH3-].[CH3-].[Rh].[Rh].[Rh]. The molecule has 0 amide bonds. The molecular formula is C89H115Rh3-3. The van der Waals surface area contributed by atoms with Crippen LogP contribution in [-0.4, -0.2) is 0 Å². The summed E-state index contributed by atoms with van der Waals surface area (Å²) in [5, 5.41) is 11.2. The van der Waals surface area contributed by atoms with E-state index in [1.165, 1.54) is 121 Å². The topological polar surface area (TPSA) is 0 Å². The summed E-state index contributed by atoms with van der Waals surface area (Å²) < 4.78 is 0. The summed E-state index contributed by atoms with van der Waals surface area (Å²) in [5.41, 5.74) is 20.2. The van der Waals surface area contributed by atoms with Crippen molar-refractivity contribution >= 4 is 43.1 Å². The Labute approximate surface area is 602 Å². The predicted molar refractivity (Wildman–Crippen MR) is 406 cm³/mol. The van der Waals surface area contributed by atoms with E-state index in [2.05, 4.69) is 315 Å². The van der Waals surface area contributed by atoms with E-state index >= 15 is 0 Å². The average Bonchev–Trinajstić information content (AvgIpc) is 1.63. The molecule has 11 aromatic rings. The van der Waals surface area contributed by atoms with Crippen LogP contribution in [0.1, 0.15) is 175 Å². The minimum atomic E-state index is 0. The fraction of sp³-hybridized carbons (Fsp3) is 0.315. The number of fused-ring (bicyclic) bond motifs is 4. The van der Waals surface area contributed by atoms with E-state index in [1.54, 1.807) is 0 Å². The minimum absolute atomic E-state index is 0. The van der Waals surface area contributed by atoms with Crippen LogP contribution >= 0.6 is 0 Å². The Morgan fingerprint density at radius 3 is 0.674 bits per heavy atom. The number of hydrogen-bond acceptors (Lipinski definition) is 0. The summed E-state index contributed by atoms with van der Waals surface area (Å²) in [5.74, 6) is 0. The molecule has 3 radical (unpaired) electrons. The standard InChI is InChI=1S/4C14H16.3C10H14.3CH3.3Rh/c1-3-11-5-7-14-10-12(4-2)6-8-13(14)9-11;1-3-11-5-7-13-8-6-12(4-2)10-14(13)9-11;1-3-11-7-5-10-14-12(4-2)8-6-9-13(11)14;1-3-11-9-10-12(4-2)14-8-6-5-7-13(11)14;1-3-9-5-7-10(4-2)8-6-9;1-3-9-6-5-7-10(4-2)8-9;1-3-9-7-5-6-8-10(9)4-2;;;;;;/h4*5-10H,3-4H2,1-2H3;3*5-8H,3-4H2,1-2H3;3*1H3;;;/q;;;;;;;3*-1;;;. The first kappa shape index (κ1) is 88.4. The maximum Gasteiger partial charge on any atom is 0 e. The summed E-state index contributed by atoms with van der Waals surface area (Å²) in [7, 11) is 0. The van der Waals surface area contributed by atoms with Crippen LogP contribution in [0.4, 0.5) is 0 Å². The zero-order valence-electron chi connectivity index (χ0n) is 59.7. The first-order chi connectivity index (χ1) is 42.0. The predicted octanol–water partition coefficient (Wildman–Crippen LogP) is 25.6. The van der Waals surface area contributed by atoms with Gasteiger partial charge in [0.25, 0.3) is 0 Å². The quantitative estimate of drug-likeness (QED) is 0.0752. The van der Waals surface area contributed by atoms with Crippen molar-refractivity contribution in [2.45, 2.75) is 187 Å². The van der Waals surface area contributed by atoms with Crippen molar-refractivity contribution < 1.29 is 58.4 Å². The molecule has 0 aliphatic rings. The second kappa shape index (κ2) is 49.9. The third-order valence-electron chi connectivity index (χ3n) is 16.8. The van der Waals surface area contributed by atoms with Crippen LogP contribution in [0.3, 0.4) is 0 Å². The van der Waals surface area contributed by atoms with Crippen molar-refractivity contribution in [2.24, 2.45) is 0 Å². The molecule has 0 aromatic heterocycles. The Hall–Kier alpha value is -5.67. The maximum absolute atomic E-state index is 2.30. The molecular weight excluding hydrogens is 1380 g/mol. The molecule has 0 bridgehead atoms. The minimum Gasteiger partial charge on any atom is -0.358 e. The first-order valence-electron chi connectivity index (χ1n) is 33.2. The molecule has 0 nitrogen and oxygen atoms in total. The van der Waals surface area contributed by atoms with E-state index in [1.807, 2.05) is 0 Å². The van der Waals surface area contributed by atoms with Gasteiger partial charge < -0.3 is 22.3 Å². The van der Waals surface area contributed by atoms with Crippen molar-refractivity contribution in [3.8, 4) is 0 Å². The molecule has 0 aliphatic heterocycles. The second-order valence-electron chi connectivity index (χ2n) is 22.2. The molecule has 0 unspecified atom stereocenters. The van der Waals surface area contributed by atoms with Gasteiger partial charge in [-0.1, -0.05) is 315 Å². The van der Waals surface area contributed by atoms with Crippen molar-refractivity contribution in [2.75, 3.05) is 0 Å². The molecule has 0 saturated heterocycles. The van der Waals surface area contributed by atoms with Crippen LogP contribution in [0.5, 0.6) is 0 Å². The Morgan fingerprint density at radius 1 is 0.163 bits per heavy atom. The fourth-order valence-corrected chi connectivity index (χ4v) is 11.0. The molecule has 0 aliphatic carbocycles. The number of aryl methyl sites for hydroxylation is 14. The van der Waals surface area contributed by atoms with E-state index < -0.39 is 0 Å². The molecule has 501 valence electrons. The smallest absolute Gasteiger partial charge is 0 e. The number of rotatable bonds is 14. The Balaban J connectivity index is 0. The number of benzene rings is 11. The molecule has 0 fully saturated rings. The average molecular weight is 1490 g/mol. The third-order valence-corrected chi connectivity index (χ3v) is 16.8. The van der Waals surface area contributed by atoms with Crippen molar-refractivity contribution in [3.63, 3.8) is 0 Å². The largest absolute Gasteiger partial charge is 0.358 e. The molecule has 11 aromatic carbocycles. The van der Waals surface area contributed by atoms with E-state index in [0.717, 1.165) is 89.9 Å². The van der Waals surface area contributed by atoms with Gasteiger partial charge in [0.05, 0.1) is 0 Å². The zero-order valence-corrected chi connectivity index (χ0v) is 64.6. The van der Waals surface area contributed by atoms with Crippen LogP contribution in [-0.2, 0) is 148 Å². The van der Waals surface area contributed by atoms with Gasteiger partial charge in [-0.3, -0.25) is 0 Å². The van der Waals surface area contributed by atoms with Gasteiger partial charge in [-0.15, -0.1) is 0 Å². The summed E-state index contributed by atoms with van der Waals surface area (Å²) in [6.07, 6.45) is 15.8. The monoisotopic (exact) mass is 1490 g/mol.